The summed E-state index contributed by atoms with van der Waals surface area (Å²) in [5.74, 6) is 1.70. The lowest BCUT2D eigenvalue weighted by Crippen LogP contribution is -2.30. The Morgan fingerprint density at radius 2 is 1.24 bits per heavy atom. The zero-order valence-electron chi connectivity index (χ0n) is 16.9. The maximum Gasteiger partial charge on any atom is 0.119 e. The van der Waals surface area contributed by atoms with E-state index in [1.807, 2.05) is 48.5 Å². The van der Waals surface area contributed by atoms with Crippen LogP contribution >= 0.6 is 0 Å². The number of methoxy groups -OCH3 is 1. The first-order chi connectivity index (χ1) is 14.1. The quantitative estimate of drug-likeness (QED) is 0.511. The summed E-state index contributed by atoms with van der Waals surface area (Å²) in [4.78, 5) is 2.40. The van der Waals surface area contributed by atoms with Gasteiger partial charge in [0.15, 0.2) is 0 Å². The molecule has 0 aliphatic carbocycles. The molecule has 0 aliphatic rings. The van der Waals surface area contributed by atoms with Gasteiger partial charge < -0.3 is 20.9 Å². The van der Waals surface area contributed by atoms with E-state index in [0.29, 0.717) is 6.61 Å². The van der Waals surface area contributed by atoms with Crippen molar-refractivity contribution in [3.8, 4) is 11.5 Å². The summed E-state index contributed by atoms with van der Waals surface area (Å²) >= 11 is 0. The van der Waals surface area contributed by atoms with E-state index in [9.17, 15) is 0 Å². The van der Waals surface area contributed by atoms with E-state index in [-0.39, 0.29) is 0 Å². The number of rotatable bonds is 10. The Morgan fingerprint density at radius 1 is 0.690 bits per heavy atom. The smallest absolute Gasteiger partial charge is 0.119 e. The number of benzene rings is 3. The molecule has 5 heteroatoms. The first kappa shape index (κ1) is 20.6. The molecule has 152 valence electrons. The number of nitrogen functional groups attached to an aromatic ring is 2. The molecule has 5 nitrogen and oxygen atoms in total. The summed E-state index contributed by atoms with van der Waals surface area (Å²) in [5.41, 5.74) is 15.6. The van der Waals surface area contributed by atoms with Gasteiger partial charge in [-0.1, -0.05) is 24.3 Å². The highest BCUT2D eigenvalue weighted by molar-refractivity contribution is 5.41. The third-order valence-electron chi connectivity index (χ3n) is 4.82. The number of ether oxygens (including phenoxy) is 2. The normalized spacial score (nSPS) is 10.8. The molecule has 4 N–H and O–H groups in total. The molecule has 0 atom stereocenters. The van der Waals surface area contributed by atoms with Crippen LogP contribution in [0.15, 0.2) is 72.8 Å². The molecule has 0 amide bonds. The Bertz CT molecular complexity index is 862. The van der Waals surface area contributed by atoms with E-state index in [0.717, 1.165) is 48.9 Å². The monoisotopic (exact) mass is 391 g/mol. The van der Waals surface area contributed by atoms with Gasteiger partial charge in [0.05, 0.1) is 7.11 Å². The van der Waals surface area contributed by atoms with Gasteiger partial charge in [-0.3, -0.25) is 4.90 Å². The van der Waals surface area contributed by atoms with Crippen LogP contribution in [0.5, 0.6) is 11.5 Å². The van der Waals surface area contributed by atoms with Gasteiger partial charge in [-0.15, -0.1) is 0 Å². The molecule has 0 fully saturated rings. The van der Waals surface area contributed by atoms with Crippen LogP contribution in [0, 0.1) is 0 Å². The van der Waals surface area contributed by atoms with Crippen molar-refractivity contribution in [2.24, 2.45) is 0 Å². The summed E-state index contributed by atoms with van der Waals surface area (Å²) in [6.07, 6.45) is 0.957. The number of nitrogens with two attached hydrogens (primary N) is 2. The molecule has 0 saturated carbocycles. The lowest BCUT2D eigenvalue weighted by atomic mass is 10.1. The maximum absolute atomic E-state index is 5.90. The van der Waals surface area contributed by atoms with Crippen molar-refractivity contribution in [2.45, 2.75) is 13.0 Å². The van der Waals surface area contributed by atoms with Gasteiger partial charge >= 0.3 is 0 Å². The molecule has 0 aliphatic heterocycles. The van der Waals surface area contributed by atoms with E-state index in [1.165, 1.54) is 11.1 Å². The van der Waals surface area contributed by atoms with E-state index < -0.39 is 0 Å². The van der Waals surface area contributed by atoms with Gasteiger partial charge in [-0.25, -0.2) is 0 Å². The predicted octanol–water partition coefficient (Wildman–Crippen LogP) is 3.98. The third-order valence-corrected chi connectivity index (χ3v) is 4.82. The highest BCUT2D eigenvalue weighted by atomic mass is 16.5. The zero-order valence-corrected chi connectivity index (χ0v) is 16.9. The molecule has 3 rings (SSSR count). The highest BCUT2D eigenvalue weighted by Crippen LogP contribution is 2.15. The first-order valence-corrected chi connectivity index (χ1v) is 9.80. The summed E-state index contributed by atoms with van der Waals surface area (Å²) in [6, 6.07) is 23.8. The Kier molecular flexibility index (Phi) is 7.36. The van der Waals surface area contributed by atoms with Crippen LogP contribution in [-0.2, 0) is 13.0 Å². The lowest BCUT2D eigenvalue weighted by Gasteiger charge is -2.23. The number of hydrogen-bond donors (Lipinski definition) is 2. The number of anilines is 2. The minimum absolute atomic E-state index is 0.613. The fraction of sp³-hybridized carbons (Fsp3) is 0.250. The molecule has 3 aromatic rings. The van der Waals surface area contributed by atoms with E-state index in [2.05, 4.69) is 29.2 Å². The third kappa shape index (κ3) is 6.73. The number of nitrogens with zero attached hydrogens (tertiary/aromatic N) is 1. The van der Waals surface area contributed by atoms with Gasteiger partial charge in [0.1, 0.15) is 18.1 Å². The molecule has 0 bridgehead atoms. The van der Waals surface area contributed by atoms with Gasteiger partial charge in [-0.2, -0.15) is 0 Å². The summed E-state index contributed by atoms with van der Waals surface area (Å²) < 4.78 is 11.2. The second-order valence-corrected chi connectivity index (χ2v) is 7.03. The molecule has 0 saturated heterocycles. The Balaban J connectivity index is 1.59. The number of hydrogen-bond acceptors (Lipinski definition) is 5. The standard InChI is InChI=1S/C24H29N3O2/c1-28-23-10-4-20(5-11-23)18-27(15-14-19-2-6-21(25)7-3-19)16-17-29-24-12-8-22(26)9-13-24/h2-13H,14-18,25-26H2,1H3. The SMILES string of the molecule is COc1ccc(CN(CCOc2ccc(N)cc2)CCc2ccc(N)cc2)cc1. The Morgan fingerprint density at radius 3 is 1.86 bits per heavy atom. The van der Waals surface area contributed by atoms with Gasteiger partial charge in [0.25, 0.3) is 0 Å². The molecular formula is C24H29N3O2. The van der Waals surface area contributed by atoms with Crippen LogP contribution < -0.4 is 20.9 Å². The Hall–Kier alpha value is -3.18. The zero-order chi connectivity index (χ0) is 20.5. The van der Waals surface area contributed by atoms with Crippen LogP contribution in [0.2, 0.25) is 0 Å². The molecule has 0 spiro atoms. The fourth-order valence-electron chi connectivity index (χ4n) is 3.09. The highest BCUT2D eigenvalue weighted by Gasteiger charge is 2.08. The molecule has 0 unspecified atom stereocenters. The van der Waals surface area contributed by atoms with Gasteiger partial charge in [0, 0.05) is 31.0 Å². The largest absolute Gasteiger partial charge is 0.497 e. The molecular weight excluding hydrogens is 362 g/mol. The molecule has 0 heterocycles. The molecule has 29 heavy (non-hydrogen) atoms. The summed E-state index contributed by atoms with van der Waals surface area (Å²) in [7, 11) is 1.68. The van der Waals surface area contributed by atoms with Crippen molar-refractivity contribution in [3.05, 3.63) is 83.9 Å². The second-order valence-electron chi connectivity index (χ2n) is 7.03. The van der Waals surface area contributed by atoms with Crippen LogP contribution in [0.25, 0.3) is 0 Å². The van der Waals surface area contributed by atoms with Crippen LogP contribution in [-0.4, -0.2) is 31.7 Å². The van der Waals surface area contributed by atoms with Crippen LogP contribution in [0.1, 0.15) is 11.1 Å². The average molecular weight is 392 g/mol. The van der Waals surface area contributed by atoms with E-state index >= 15 is 0 Å². The molecule has 3 aromatic carbocycles. The second kappa shape index (κ2) is 10.4. The van der Waals surface area contributed by atoms with E-state index in [1.54, 1.807) is 7.11 Å². The Labute approximate surface area is 172 Å². The summed E-state index contributed by atoms with van der Waals surface area (Å²) in [5, 5.41) is 0. The lowest BCUT2D eigenvalue weighted by molar-refractivity contribution is 0.204. The minimum atomic E-state index is 0.613. The fourth-order valence-corrected chi connectivity index (χ4v) is 3.09. The van der Waals surface area contributed by atoms with Crippen molar-refractivity contribution in [1.29, 1.82) is 0 Å². The molecule has 0 radical (unpaired) electrons. The van der Waals surface area contributed by atoms with Crippen molar-refractivity contribution >= 4 is 11.4 Å². The van der Waals surface area contributed by atoms with Crippen molar-refractivity contribution in [3.63, 3.8) is 0 Å². The van der Waals surface area contributed by atoms with Gasteiger partial charge in [0.2, 0.25) is 0 Å². The predicted molar refractivity (Wildman–Crippen MR) is 119 cm³/mol. The minimum Gasteiger partial charge on any atom is -0.497 e. The van der Waals surface area contributed by atoms with Gasteiger partial charge in [-0.05, 0) is 66.1 Å². The first-order valence-electron chi connectivity index (χ1n) is 9.80. The maximum atomic E-state index is 5.90. The van der Waals surface area contributed by atoms with Crippen molar-refractivity contribution in [2.75, 3.05) is 38.3 Å². The van der Waals surface area contributed by atoms with Crippen molar-refractivity contribution < 1.29 is 9.47 Å². The van der Waals surface area contributed by atoms with Crippen molar-refractivity contribution in [1.82, 2.24) is 4.90 Å². The molecule has 0 aromatic heterocycles. The topological polar surface area (TPSA) is 73.7 Å². The average Bonchev–Trinajstić information content (AvgIpc) is 2.75. The van der Waals surface area contributed by atoms with Crippen LogP contribution in [0.4, 0.5) is 11.4 Å². The summed E-state index contributed by atoms with van der Waals surface area (Å²) in [6.45, 7) is 3.22. The van der Waals surface area contributed by atoms with E-state index in [4.69, 9.17) is 20.9 Å². The van der Waals surface area contributed by atoms with Crippen LogP contribution in [0.3, 0.4) is 0 Å².